The van der Waals surface area contributed by atoms with Crippen molar-refractivity contribution in [3.63, 3.8) is 0 Å². The van der Waals surface area contributed by atoms with Crippen molar-refractivity contribution >= 4 is 11.8 Å². The van der Waals surface area contributed by atoms with Crippen molar-refractivity contribution in [1.29, 1.82) is 0 Å². The Bertz CT molecular complexity index is 217. The molecular weight excluding hydrogens is 234 g/mol. The number of hydrogen-bond acceptors (Lipinski definition) is 4. The van der Waals surface area contributed by atoms with Gasteiger partial charge < -0.3 is 15.2 Å². The Balaban J connectivity index is 2.41. The lowest BCUT2D eigenvalue weighted by Gasteiger charge is -2.53. The largest absolute Gasteiger partial charge is 0.396 e. The maximum absolute atomic E-state index is 9.06. The standard InChI is InChI=1S/C13H27NO2S/c1-5-16-12-8-11(13(12,2)3)14-10(6-7-15)9-17-4/h10-12,14-15H,5-9H2,1-4H3. The van der Waals surface area contributed by atoms with E-state index in [1.54, 1.807) is 0 Å². The van der Waals surface area contributed by atoms with Gasteiger partial charge in [-0.05, 0) is 26.0 Å². The number of thioether (sulfide) groups is 1. The lowest BCUT2D eigenvalue weighted by atomic mass is 9.64. The summed E-state index contributed by atoms with van der Waals surface area (Å²) >= 11 is 1.83. The highest BCUT2D eigenvalue weighted by Crippen LogP contribution is 2.43. The van der Waals surface area contributed by atoms with Crippen LogP contribution >= 0.6 is 11.8 Å². The van der Waals surface area contributed by atoms with Gasteiger partial charge >= 0.3 is 0 Å². The average molecular weight is 261 g/mol. The molecule has 102 valence electrons. The zero-order valence-corrected chi connectivity index (χ0v) is 12.3. The van der Waals surface area contributed by atoms with Gasteiger partial charge in [0.05, 0.1) is 6.10 Å². The molecule has 1 saturated carbocycles. The van der Waals surface area contributed by atoms with E-state index < -0.39 is 0 Å². The fourth-order valence-corrected chi connectivity index (χ4v) is 3.17. The van der Waals surface area contributed by atoms with Gasteiger partial charge in [-0.3, -0.25) is 0 Å². The summed E-state index contributed by atoms with van der Waals surface area (Å²) in [5, 5.41) is 12.7. The molecule has 2 N–H and O–H groups in total. The number of ether oxygens (including phenoxy) is 1. The Kier molecular flexibility index (Phi) is 6.27. The smallest absolute Gasteiger partial charge is 0.0655 e. The molecule has 1 aliphatic rings. The van der Waals surface area contributed by atoms with Gasteiger partial charge in [-0.25, -0.2) is 0 Å². The molecule has 0 amide bonds. The number of aliphatic hydroxyl groups excluding tert-OH is 1. The van der Waals surface area contributed by atoms with Crippen LogP contribution in [0.5, 0.6) is 0 Å². The van der Waals surface area contributed by atoms with Gasteiger partial charge in [-0.15, -0.1) is 0 Å². The molecule has 3 atom stereocenters. The fourth-order valence-electron chi connectivity index (χ4n) is 2.51. The molecule has 17 heavy (non-hydrogen) atoms. The lowest BCUT2D eigenvalue weighted by molar-refractivity contribution is -0.116. The van der Waals surface area contributed by atoms with Crippen LogP contribution in [0, 0.1) is 5.41 Å². The van der Waals surface area contributed by atoms with Gasteiger partial charge in [0.1, 0.15) is 0 Å². The van der Waals surface area contributed by atoms with E-state index in [1.165, 1.54) is 0 Å². The van der Waals surface area contributed by atoms with Crippen LogP contribution < -0.4 is 5.32 Å². The normalized spacial score (nSPS) is 28.8. The Labute approximate surface area is 110 Å². The predicted octanol–water partition coefficient (Wildman–Crippen LogP) is 1.89. The van der Waals surface area contributed by atoms with E-state index in [0.717, 1.165) is 25.2 Å². The molecule has 3 unspecified atom stereocenters. The van der Waals surface area contributed by atoms with Crippen molar-refractivity contribution in [3.05, 3.63) is 0 Å². The summed E-state index contributed by atoms with van der Waals surface area (Å²) in [4.78, 5) is 0. The summed E-state index contributed by atoms with van der Waals surface area (Å²) in [6.07, 6.45) is 4.43. The van der Waals surface area contributed by atoms with E-state index in [-0.39, 0.29) is 12.0 Å². The highest BCUT2D eigenvalue weighted by molar-refractivity contribution is 7.98. The molecule has 0 aliphatic heterocycles. The molecule has 0 spiro atoms. The second kappa shape index (κ2) is 6.98. The minimum atomic E-state index is 0.210. The maximum atomic E-state index is 9.06. The van der Waals surface area contributed by atoms with Crippen LogP contribution in [0.1, 0.15) is 33.6 Å². The van der Waals surface area contributed by atoms with Crippen LogP contribution in [0.15, 0.2) is 0 Å². The molecule has 0 heterocycles. The van der Waals surface area contributed by atoms with Gasteiger partial charge in [0.25, 0.3) is 0 Å². The van der Waals surface area contributed by atoms with Crippen LogP contribution in [0.4, 0.5) is 0 Å². The first-order chi connectivity index (χ1) is 8.06. The van der Waals surface area contributed by atoms with Crippen molar-refractivity contribution in [3.8, 4) is 0 Å². The molecule has 0 bridgehead atoms. The van der Waals surface area contributed by atoms with Crippen LogP contribution in [0.3, 0.4) is 0 Å². The molecule has 0 aromatic heterocycles. The van der Waals surface area contributed by atoms with Crippen molar-refractivity contribution in [1.82, 2.24) is 5.32 Å². The third-order valence-corrected chi connectivity index (χ3v) is 4.56. The van der Waals surface area contributed by atoms with Gasteiger partial charge in [0.2, 0.25) is 0 Å². The summed E-state index contributed by atoms with van der Waals surface area (Å²) in [7, 11) is 0. The fraction of sp³-hybridized carbons (Fsp3) is 1.00. The third kappa shape index (κ3) is 3.85. The Hall–Kier alpha value is 0.230. The quantitative estimate of drug-likeness (QED) is 0.700. The van der Waals surface area contributed by atoms with Gasteiger partial charge in [-0.1, -0.05) is 13.8 Å². The maximum Gasteiger partial charge on any atom is 0.0655 e. The van der Waals surface area contributed by atoms with E-state index in [1.807, 2.05) is 11.8 Å². The first kappa shape index (κ1) is 15.3. The number of nitrogens with one attached hydrogen (secondary N) is 1. The van der Waals surface area contributed by atoms with Crippen LogP contribution in [0.2, 0.25) is 0 Å². The SMILES string of the molecule is CCOC1CC(NC(CCO)CSC)C1(C)C. The van der Waals surface area contributed by atoms with Crippen molar-refractivity contribution < 1.29 is 9.84 Å². The van der Waals surface area contributed by atoms with Gasteiger partial charge in [0, 0.05) is 36.5 Å². The molecule has 4 heteroatoms. The molecule has 1 rings (SSSR count). The van der Waals surface area contributed by atoms with Crippen molar-refractivity contribution in [2.45, 2.75) is 51.8 Å². The van der Waals surface area contributed by atoms with Crippen LogP contribution in [0.25, 0.3) is 0 Å². The second-order valence-electron chi connectivity index (χ2n) is 5.38. The third-order valence-electron chi connectivity index (χ3n) is 3.83. The molecule has 1 aliphatic carbocycles. The summed E-state index contributed by atoms with van der Waals surface area (Å²) in [5.41, 5.74) is 0.210. The molecule has 0 aromatic rings. The second-order valence-corrected chi connectivity index (χ2v) is 6.30. The van der Waals surface area contributed by atoms with Gasteiger partial charge in [-0.2, -0.15) is 11.8 Å². The highest BCUT2D eigenvalue weighted by Gasteiger charge is 2.49. The minimum absolute atomic E-state index is 0.210. The average Bonchev–Trinajstić information content (AvgIpc) is 2.28. The van der Waals surface area contributed by atoms with Crippen molar-refractivity contribution in [2.24, 2.45) is 5.41 Å². The summed E-state index contributed by atoms with van der Waals surface area (Å²) in [6, 6.07) is 0.935. The van der Waals surface area contributed by atoms with Crippen LogP contribution in [-0.4, -0.2) is 48.5 Å². The van der Waals surface area contributed by atoms with Crippen molar-refractivity contribution in [2.75, 3.05) is 25.2 Å². The molecule has 0 aromatic carbocycles. The Morgan fingerprint density at radius 1 is 1.53 bits per heavy atom. The Morgan fingerprint density at radius 3 is 2.71 bits per heavy atom. The molecule has 0 radical (unpaired) electrons. The molecule has 1 fully saturated rings. The zero-order chi connectivity index (χ0) is 12.9. The molecule has 0 saturated heterocycles. The van der Waals surface area contributed by atoms with E-state index in [2.05, 4.69) is 32.3 Å². The molecule has 3 nitrogen and oxygen atoms in total. The summed E-state index contributed by atoms with van der Waals surface area (Å²) in [6.45, 7) is 7.65. The van der Waals surface area contributed by atoms with E-state index >= 15 is 0 Å². The highest BCUT2D eigenvalue weighted by atomic mass is 32.2. The Morgan fingerprint density at radius 2 is 2.24 bits per heavy atom. The van der Waals surface area contributed by atoms with E-state index in [9.17, 15) is 0 Å². The van der Waals surface area contributed by atoms with E-state index in [4.69, 9.17) is 9.84 Å². The number of rotatable bonds is 8. The summed E-state index contributed by atoms with van der Waals surface area (Å²) < 4.78 is 5.73. The first-order valence-electron chi connectivity index (χ1n) is 6.53. The van der Waals surface area contributed by atoms with Gasteiger partial charge in [0.15, 0.2) is 0 Å². The lowest BCUT2D eigenvalue weighted by Crippen LogP contribution is -2.63. The first-order valence-corrected chi connectivity index (χ1v) is 7.93. The minimum Gasteiger partial charge on any atom is -0.396 e. The monoisotopic (exact) mass is 261 g/mol. The topological polar surface area (TPSA) is 41.5 Å². The molecular formula is C13H27NO2S. The zero-order valence-electron chi connectivity index (χ0n) is 11.5. The predicted molar refractivity (Wildman–Crippen MR) is 74.6 cm³/mol. The number of aliphatic hydroxyl groups is 1. The van der Waals surface area contributed by atoms with Crippen LogP contribution in [-0.2, 0) is 4.74 Å². The summed E-state index contributed by atoms with van der Waals surface area (Å²) in [5.74, 6) is 1.06. The van der Waals surface area contributed by atoms with E-state index in [0.29, 0.717) is 18.2 Å². The number of hydrogen-bond donors (Lipinski definition) is 2.